The number of amides is 1. The molecule has 2 rings (SSSR count). The Morgan fingerprint density at radius 1 is 1.40 bits per heavy atom. The van der Waals surface area contributed by atoms with E-state index in [1.807, 2.05) is 19.1 Å². The summed E-state index contributed by atoms with van der Waals surface area (Å²) in [6.07, 6.45) is 4.14. The third-order valence-electron chi connectivity index (χ3n) is 3.56. The predicted octanol–water partition coefficient (Wildman–Crippen LogP) is 0.860. The summed E-state index contributed by atoms with van der Waals surface area (Å²) >= 11 is 0. The number of hydrogen-bond donors (Lipinski definition) is 0. The smallest absolute Gasteiger partial charge is 0.315 e. The number of nitrogens with zero attached hydrogens (tertiary/aromatic N) is 1. The summed E-state index contributed by atoms with van der Waals surface area (Å²) in [6, 6.07) is -0.281. The topological polar surface area (TPSA) is 65.1 Å². The molecule has 20 heavy (non-hydrogen) atoms. The molecule has 2 aliphatic rings. The van der Waals surface area contributed by atoms with Gasteiger partial charge in [0.05, 0.1) is 19.8 Å². The van der Waals surface area contributed by atoms with Crippen molar-refractivity contribution < 1.29 is 23.8 Å². The van der Waals surface area contributed by atoms with Crippen LogP contribution in [0.25, 0.3) is 0 Å². The van der Waals surface area contributed by atoms with Gasteiger partial charge in [-0.2, -0.15) is 0 Å². The summed E-state index contributed by atoms with van der Waals surface area (Å²) in [6.45, 7) is 5.47. The fourth-order valence-corrected chi connectivity index (χ4v) is 2.74. The van der Waals surface area contributed by atoms with Crippen molar-refractivity contribution in [1.29, 1.82) is 0 Å². The van der Waals surface area contributed by atoms with Gasteiger partial charge >= 0.3 is 5.97 Å². The van der Waals surface area contributed by atoms with E-state index < -0.39 is 11.8 Å². The molecule has 2 aliphatic heterocycles. The van der Waals surface area contributed by atoms with Crippen molar-refractivity contribution in [2.75, 3.05) is 26.4 Å². The van der Waals surface area contributed by atoms with Gasteiger partial charge in [-0.25, -0.2) is 0 Å². The van der Waals surface area contributed by atoms with Crippen LogP contribution in [0.2, 0.25) is 0 Å². The monoisotopic (exact) mass is 283 g/mol. The van der Waals surface area contributed by atoms with Gasteiger partial charge in [-0.05, 0) is 13.8 Å². The SMILES string of the molecule is CC=CC1N(C(=O)CC(=O)OCC)CCC12OCCO2. The number of rotatable bonds is 4. The minimum atomic E-state index is -0.739. The van der Waals surface area contributed by atoms with E-state index in [1.54, 1.807) is 11.8 Å². The highest BCUT2D eigenvalue weighted by atomic mass is 16.7. The van der Waals surface area contributed by atoms with Crippen molar-refractivity contribution in [1.82, 2.24) is 4.90 Å². The lowest BCUT2D eigenvalue weighted by Gasteiger charge is -2.31. The molecule has 1 spiro atoms. The summed E-state index contributed by atoms with van der Waals surface area (Å²) in [5.74, 6) is -1.48. The molecule has 0 saturated carbocycles. The van der Waals surface area contributed by atoms with Crippen molar-refractivity contribution in [2.45, 2.75) is 38.5 Å². The first-order chi connectivity index (χ1) is 9.63. The molecule has 1 unspecified atom stereocenters. The molecule has 2 saturated heterocycles. The van der Waals surface area contributed by atoms with Gasteiger partial charge in [0.15, 0.2) is 5.79 Å². The molecular weight excluding hydrogens is 262 g/mol. The Morgan fingerprint density at radius 2 is 2.10 bits per heavy atom. The van der Waals surface area contributed by atoms with Crippen molar-refractivity contribution in [3.8, 4) is 0 Å². The molecule has 0 aromatic heterocycles. The van der Waals surface area contributed by atoms with Crippen molar-refractivity contribution >= 4 is 11.9 Å². The Labute approximate surface area is 118 Å². The van der Waals surface area contributed by atoms with Crippen LogP contribution in [-0.2, 0) is 23.8 Å². The maximum absolute atomic E-state index is 12.2. The zero-order valence-electron chi connectivity index (χ0n) is 12.0. The number of likely N-dealkylation sites (tertiary alicyclic amines) is 1. The van der Waals surface area contributed by atoms with Gasteiger partial charge in [-0.15, -0.1) is 0 Å². The zero-order chi connectivity index (χ0) is 14.6. The number of allylic oxidation sites excluding steroid dienone is 1. The fourth-order valence-electron chi connectivity index (χ4n) is 2.74. The van der Waals surface area contributed by atoms with E-state index in [2.05, 4.69) is 0 Å². The summed E-state index contributed by atoms with van der Waals surface area (Å²) in [7, 11) is 0. The Hall–Kier alpha value is -1.40. The molecule has 0 bridgehead atoms. The van der Waals surface area contributed by atoms with Crippen molar-refractivity contribution in [3.05, 3.63) is 12.2 Å². The molecule has 0 aromatic rings. The number of carbonyl (C=O) groups is 2. The first kappa shape index (κ1) is 15.0. The first-order valence-electron chi connectivity index (χ1n) is 6.99. The largest absolute Gasteiger partial charge is 0.466 e. The fraction of sp³-hybridized carbons (Fsp3) is 0.714. The minimum absolute atomic E-state index is 0.238. The lowest BCUT2D eigenvalue weighted by molar-refractivity contribution is -0.169. The van der Waals surface area contributed by atoms with Gasteiger partial charge in [0.1, 0.15) is 12.5 Å². The predicted molar refractivity (Wildman–Crippen MR) is 70.8 cm³/mol. The van der Waals surface area contributed by atoms with Crippen LogP contribution in [0.3, 0.4) is 0 Å². The average Bonchev–Trinajstić information content (AvgIpc) is 3.00. The van der Waals surface area contributed by atoms with Crippen LogP contribution < -0.4 is 0 Å². The van der Waals surface area contributed by atoms with Gasteiger partial charge < -0.3 is 19.1 Å². The van der Waals surface area contributed by atoms with E-state index in [-0.39, 0.29) is 25.0 Å². The second-order valence-electron chi connectivity index (χ2n) is 4.80. The molecule has 0 N–H and O–H groups in total. The normalized spacial score (nSPS) is 24.7. The average molecular weight is 283 g/mol. The van der Waals surface area contributed by atoms with Crippen molar-refractivity contribution in [2.24, 2.45) is 0 Å². The van der Waals surface area contributed by atoms with E-state index >= 15 is 0 Å². The Bertz CT molecular complexity index is 400. The molecule has 0 radical (unpaired) electrons. The van der Waals surface area contributed by atoms with Gasteiger partial charge in [-0.1, -0.05) is 12.2 Å². The van der Waals surface area contributed by atoms with Crippen LogP contribution >= 0.6 is 0 Å². The van der Waals surface area contributed by atoms with Gasteiger partial charge in [0.25, 0.3) is 0 Å². The maximum atomic E-state index is 12.2. The second-order valence-corrected chi connectivity index (χ2v) is 4.80. The standard InChI is InChI=1S/C14H21NO5/c1-3-5-11-14(19-8-9-20-14)6-7-15(11)12(16)10-13(17)18-4-2/h3,5,11H,4,6-10H2,1-2H3. The molecule has 6 heteroatoms. The molecule has 2 heterocycles. The minimum Gasteiger partial charge on any atom is -0.466 e. The first-order valence-corrected chi connectivity index (χ1v) is 6.99. The highest BCUT2D eigenvalue weighted by molar-refractivity contribution is 5.94. The molecule has 6 nitrogen and oxygen atoms in total. The van der Waals surface area contributed by atoms with E-state index in [4.69, 9.17) is 14.2 Å². The highest BCUT2D eigenvalue weighted by Crippen LogP contribution is 2.37. The van der Waals surface area contributed by atoms with E-state index in [0.29, 0.717) is 26.2 Å². The summed E-state index contributed by atoms with van der Waals surface area (Å²) in [5.41, 5.74) is 0. The summed E-state index contributed by atoms with van der Waals surface area (Å²) in [4.78, 5) is 25.3. The molecule has 112 valence electrons. The molecule has 0 aliphatic carbocycles. The molecular formula is C14H21NO5. The molecule has 1 amide bonds. The lowest BCUT2D eigenvalue weighted by atomic mass is 10.1. The van der Waals surface area contributed by atoms with Crippen LogP contribution in [0.4, 0.5) is 0 Å². The lowest BCUT2D eigenvalue weighted by Crippen LogP contribution is -2.46. The van der Waals surface area contributed by atoms with Gasteiger partial charge in [0, 0.05) is 13.0 Å². The third kappa shape index (κ3) is 2.86. The highest BCUT2D eigenvalue weighted by Gasteiger charge is 2.52. The molecule has 0 aromatic carbocycles. The summed E-state index contributed by atoms with van der Waals surface area (Å²) in [5, 5.41) is 0. The second kappa shape index (κ2) is 6.37. The van der Waals surface area contributed by atoms with Crippen LogP contribution in [0.1, 0.15) is 26.7 Å². The van der Waals surface area contributed by atoms with Crippen LogP contribution in [0, 0.1) is 0 Å². The number of carbonyl (C=O) groups excluding carboxylic acids is 2. The molecule has 1 atom stereocenters. The summed E-state index contributed by atoms with van der Waals surface area (Å²) < 4.78 is 16.2. The van der Waals surface area contributed by atoms with E-state index in [9.17, 15) is 9.59 Å². The van der Waals surface area contributed by atoms with E-state index in [0.717, 1.165) is 0 Å². The van der Waals surface area contributed by atoms with Crippen LogP contribution in [-0.4, -0.2) is 55.0 Å². The van der Waals surface area contributed by atoms with E-state index in [1.165, 1.54) is 0 Å². The molecule has 2 fully saturated rings. The Morgan fingerprint density at radius 3 is 2.70 bits per heavy atom. The van der Waals surface area contributed by atoms with Gasteiger partial charge in [0.2, 0.25) is 5.91 Å². The van der Waals surface area contributed by atoms with Crippen LogP contribution in [0.15, 0.2) is 12.2 Å². The van der Waals surface area contributed by atoms with Crippen molar-refractivity contribution in [3.63, 3.8) is 0 Å². The third-order valence-corrected chi connectivity index (χ3v) is 3.56. The quantitative estimate of drug-likeness (QED) is 0.435. The maximum Gasteiger partial charge on any atom is 0.315 e. The number of hydrogen-bond acceptors (Lipinski definition) is 5. The Kier molecular flexibility index (Phi) is 4.77. The number of ether oxygens (including phenoxy) is 3. The van der Waals surface area contributed by atoms with Gasteiger partial charge in [-0.3, -0.25) is 9.59 Å². The van der Waals surface area contributed by atoms with Crippen LogP contribution in [0.5, 0.6) is 0 Å². The Balaban J connectivity index is 2.07. The number of esters is 1. The zero-order valence-corrected chi connectivity index (χ0v) is 12.0.